The molecule has 0 aliphatic heterocycles. The third kappa shape index (κ3) is 3.89. The summed E-state index contributed by atoms with van der Waals surface area (Å²) >= 11 is 3.02. The van der Waals surface area contributed by atoms with Gasteiger partial charge in [-0.3, -0.25) is 9.20 Å². The number of thiazole rings is 1. The first-order valence-electron chi connectivity index (χ1n) is 9.73. The molecule has 5 nitrogen and oxygen atoms in total. The van der Waals surface area contributed by atoms with Gasteiger partial charge in [-0.05, 0) is 35.1 Å². The summed E-state index contributed by atoms with van der Waals surface area (Å²) in [7, 11) is 0. The van der Waals surface area contributed by atoms with E-state index in [9.17, 15) is 4.79 Å². The number of aromatic nitrogens is 3. The largest absolute Gasteiger partial charge is 0.325 e. The Morgan fingerprint density at radius 3 is 2.41 bits per heavy atom. The zero-order valence-electron chi connectivity index (χ0n) is 17.0. The van der Waals surface area contributed by atoms with Crippen molar-refractivity contribution in [1.29, 1.82) is 0 Å². The molecule has 2 aromatic carbocycles. The van der Waals surface area contributed by atoms with Crippen molar-refractivity contribution in [2.75, 3.05) is 11.1 Å². The maximum Gasteiger partial charge on any atom is 0.234 e. The molecule has 0 fully saturated rings. The van der Waals surface area contributed by atoms with Gasteiger partial charge in [0.1, 0.15) is 0 Å². The average molecular weight is 425 g/mol. The lowest BCUT2D eigenvalue weighted by molar-refractivity contribution is -0.113. The first-order chi connectivity index (χ1) is 14.0. The van der Waals surface area contributed by atoms with Crippen LogP contribution in [-0.2, 0) is 4.79 Å². The fraction of sp³-hybridized carbons (Fsp3) is 0.318. The monoisotopic (exact) mass is 424 g/mol. The van der Waals surface area contributed by atoms with E-state index in [0.29, 0.717) is 11.8 Å². The standard InChI is InChI=1S/C22H24N4OS2/c1-13(2)15-8-7-9-16(14(3)4)20(15)23-19(27)12-28-21-24-25-22-26(21)17-10-5-6-11-18(17)29-22/h5-11,13-14H,12H2,1-4H3,(H,23,27). The van der Waals surface area contributed by atoms with E-state index in [0.717, 1.165) is 26.0 Å². The molecule has 0 saturated heterocycles. The normalized spacial score (nSPS) is 11.8. The Balaban J connectivity index is 1.55. The highest BCUT2D eigenvalue weighted by Crippen LogP contribution is 2.33. The van der Waals surface area contributed by atoms with Gasteiger partial charge in [0.15, 0.2) is 5.16 Å². The highest BCUT2D eigenvalue weighted by atomic mass is 32.2. The van der Waals surface area contributed by atoms with Gasteiger partial charge in [-0.25, -0.2) is 0 Å². The minimum absolute atomic E-state index is 0.0266. The van der Waals surface area contributed by atoms with Crippen LogP contribution < -0.4 is 5.32 Å². The van der Waals surface area contributed by atoms with Gasteiger partial charge in [-0.1, -0.05) is 81.1 Å². The first-order valence-corrected chi connectivity index (χ1v) is 11.5. The Morgan fingerprint density at radius 2 is 1.72 bits per heavy atom. The molecule has 0 unspecified atom stereocenters. The number of carbonyl (C=O) groups excluding carboxylic acids is 1. The number of benzene rings is 2. The van der Waals surface area contributed by atoms with E-state index in [1.54, 1.807) is 11.3 Å². The van der Waals surface area contributed by atoms with Gasteiger partial charge in [0.2, 0.25) is 10.9 Å². The van der Waals surface area contributed by atoms with E-state index in [4.69, 9.17) is 0 Å². The molecule has 7 heteroatoms. The molecule has 2 heterocycles. The zero-order chi connectivity index (χ0) is 20.5. The van der Waals surface area contributed by atoms with Crippen LogP contribution in [0.3, 0.4) is 0 Å². The maximum atomic E-state index is 12.8. The SMILES string of the molecule is CC(C)c1cccc(C(C)C)c1NC(=O)CSc1nnc2sc3ccccc3n12. The van der Waals surface area contributed by atoms with Gasteiger partial charge in [0.25, 0.3) is 0 Å². The van der Waals surface area contributed by atoms with Crippen LogP contribution in [0.1, 0.15) is 50.7 Å². The van der Waals surface area contributed by atoms with Crippen molar-refractivity contribution < 1.29 is 4.79 Å². The van der Waals surface area contributed by atoms with E-state index in [-0.39, 0.29) is 11.7 Å². The number of thioether (sulfide) groups is 1. The minimum Gasteiger partial charge on any atom is -0.325 e. The molecule has 0 spiro atoms. The van der Waals surface area contributed by atoms with E-state index < -0.39 is 0 Å². The molecule has 0 saturated carbocycles. The van der Waals surface area contributed by atoms with Gasteiger partial charge >= 0.3 is 0 Å². The maximum absolute atomic E-state index is 12.8. The molecular formula is C22H24N4OS2. The number of carbonyl (C=O) groups is 1. The number of rotatable bonds is 6. The summed E-state index contributed by atoms with van der Waals surface area (Å²) in [5.74, 6) is 0.936. The summed E-state index contributed by atoms with van der Waals surface area (Å²) in [6, 6.07) is 14.4. The van der Waals surface area contributed by atoms with E-state index in [1.165, 1.54) is 22.9 Å². The molecule has 4 rings (SSSR count). The number of para-hydroxylation sites is 2. The fourth-order valence-corrected chi connectivity index (χ4v) is 5.22. The Bertz CT molecular complexity index is 1150. The van der Waals surface area contributed by atoms with Gasteiger partial charge in [-0.2, -0.15) is 0 Å². The van der Waals surface area contributed by atoms with Crippen molar-refractivity contribution in [3.63, 3.8) is 0 Å². The van der Waals surface area contributed by atoms with Crippen LogP contribution in [0.15, 0.2) is 47.6 Å². The molecule has 0 aliphatic carbocycles. The summed E-state index contributed by atoms with van der Waals surface area (Å²) in [5, 5.41) is 12.5. The molecule has 0 atom stereocenters. The summed E-state index contributed by atoms with van der Waals surface area (Å²) in [4.78, 5) is 13.7. The van der Waals surface area contributed by atoms with E-state index >= 15 is 0 Å². The molecule has 1 N–H and O–H groups in total. The van der Waals surface area contributed by atoms with Gasteiger partial charge < -0.3 is 5.32 Å². The van der Waals surface area contributed by atoms with Crippen LogP contribution in [0.4, 0.5) is 5.69 Å². The van der Waals surface area contributed by atoms with Gasteiger partial charge in [-0.15, -0.1) is 10.2 Å². The lowest BCUT2D eigenvalue weighted by atomic mass is 9.92. The highest BCUT2D eigenvalue weighted by molar-refractivity contribution is 7.99. The Morgan fingerprint density at radius 1 is 1.03 bits per heavy atom. The van der Waals surface area contributed by atoms with Crippen molar-refractivity contribution in [2.45, 2.75) is 44.7 Å². The second-order valence-electron chi connectivity index (χ2n) is 7.63. The number of nitrogens with one attached hydrogen (secondary N) is 1. The van der Waals surface area contributed by atoms with Crippen molar-refractivity contribution in [1.82, 2.24) is 14.6 Å². The van der Waals surface area contributed by atoms with Crippen LogP contribution in [0, 0.1) is 0 Å². The summed E-state index contributed by atoms with van der Waals surface area (Å²) in [6.45, 7) is 8.60. The molecule has 150 valence electrons. The van der Waals surface area contributed by atoms with Crippen LogP contribution >= 0.6 is 23.1 Å². The fourth-order valence-electron chi connectivity index (χ4n) is 3.45. The van der Waals surface area contributed by atoms with Crippen LogP contribution in [0.5, 0.6) is 0 Å². The molecule has 0 aliphatic rings. The van der Waals surface area contributed by atoms with Crippen LogP contribution in [0.2, 0.25) is 0 Å². The minimum atomic E-state index is -0.0266. The van der Waals surface area contributed by atoms with Crippen molar-refractivity contribution >= 4 is 49.9 Å². The molecule has 2 aromatic heterocycles. The summed E-state index contributed by atoms with van der Waals surface area (Å²) in [5.41, 5.74) is 4.37. The molecule has 4 aromatic rings. The lowest BCUT2D eigenvalue weighted by Gasteiger charge is -2.20. The molecular weight excluding hydrogens is 400 g/mol. The molecule has 29 heavy (non-hydrogen) atoms. The Labute approximate surface area is 178 Å². The van der Waals surface area contributed by atoms with Gasteiger partial charge in [0, 0.05) is 5.69 Å². The highest BCUT2D eigenvalue weighted by Gasteiger charge is 2.18. The number of hydrogen-bond acceptors (Lipinski definition) is 5. The quantitative estimate of drug-likeness (QED) is 0.390. The summed E-state index contributed by atoms with van der Waals surface area (Å²) in [6.07, 6.45) is 0. The number of nitrogens with zero attached hydrogens (tertiary/aromatic N) is 3. The molecule has 1 amide bonds. The zero-order valence-corrected chi connectivity index (χ0v) is 18.6. The smallest absolute Gasteiger partial charge is 0.234 e. The second kappa shape index (κ2) is 8.16. The predicted octanol–water partition coefficient (Wildman–Crippen LogP) is 5.92. The van der Waals surface area contributed by atoms with Crippen LogP contribution in [-0.4, -0.2) is 26.3 Å². The Hall–Kier alpha value is -2.38. The van der Waals surface area contributed by atoms with E-state index in [1.807, 2.05) is 16.5 Å². The first kappa shape index (κ1) is 19.9. The predicted molar refractivity (Wildman–Crippen MR) is 122 cm³/mol. The molecule has 0 radical (unpaired) electrons. The topological polar surface area (TPSA) is 59.3 Å². The third-order valence-electron chi connectivity index (χ3n) is 4.88. The number of anilines is 1. The van der Waals surface area contributed by atoms with Crippen molar-refractivity contribution in [3.8, 4) is 0 Å². The van der Waals surface area contributed by atoms with Gasteiger partial charge in [0.05, 0.1) is 16.0 Å². The van der Waals surface area contributed by atoms with Crippen LogP contribution in [0.25, 0.3) is 15.2 Å². The number of hydrogen-bond donors (Lipinski definition) is 1. The Kier molecular flexibility index (Phi) is 5.61. The number of amides is 1. The summed E-state index contributed by atoms with van der Waals surface area (Å²) < 4.78 is 3.19. The third-order valence-corrected chi connectivity index (χ3v) is 6.82. The number of fused-ring (bicyclic) bond motifs is 3. The van der Waals surface area contributed by atoms with E-state index in [2.05, 4.69) is 73.5 Å². The lowest BCUT2D eigenvalue weighted by Crippen LogP contribution is -2.17. The average Bonchev–Trinajstić information content (AvgIpc) is 3.25. The molecule has 0 bridgehead atoms. The van der Waals surface area contributed by atoms with Crippen molar-refractivity contribution in [2.24, 2.45) is 0 Å². The van der Waals surface area contributed by atoms with Crippen molar-refractivity contribution in [3.05, 3.63) is 53.6 Å². The second-order valence-corrected chi connectivity index (χ2v) is 9.58.